The number of carbonyl (C=O) groups is 3. The van der Waals surface area contributed by atoms with Crippen molar-refractivity contribution in [2.45, 2.75) is 57.7 Å². The minimum absolute atomic E-state index is 0.00720. The Balaban J connectivity index is 1.17. The number of ether oxygens (including phenoxy) is 1. The summed E-state index contributed by atoms with van der Waals surface area (Å²) in [6.45, 7) is 3.78. The van der Waals surface area contributed by atoms with Crippen LogP contribution in [-0.4, -0.2) is 64.0 Å². The Hall–Kier alpha value is -3.36. The maximum Gasteiger partial charge on any atom is 0.242 e. The standard InChI is InChI=1S/C25H33N5O4/c1-25-15-20(24(33)27-10-6-12-29-13-11-26-18-29)30(21(25)16-25)23(32)17-28-22(31)9-5-14-34-19-7-3-2-4-8-19/h2-4,7-8,11,13,18,20-21H,5-6,9-10,12,14-17H2,1H3,(H,27,33)(H,28,31)/t20-,21-,25+/m0/s1. The van der Waals surface area contributed by atoms with Crippen LogP contribution in [0.1, 0.15) is 39.0 Å². The van der Waals surface area contributed by atoms with Gasteiger partial charge in [0.05, 0.1) is 19.5 Å². The fourth-order valence-electron chi connectivity index (χ4n) is 4.66. The van der Waals surface area contributed by atoms with E-state index in [0.717, 1.165) is 25.1 Å². The highest BCUT2D eigenvalue weighted by molar-refractivity contribution is 5.91. The lowest BCUT2D eigenvalue weighted by molar-refractivity contribution is -0.140. The van der Waals surface area contributed by atoms with Crippen molar-refractivity contribution in [1.82, 2.24) is 25.1 Å². The average Bonchev–Trinajstić information content (AvgIpc) is 3.16. The number of carbonyl (C=O) groups excluding carboxylic acids is 3. The molecule has 9 nitrogen and oxygen atoms in total. The van der Waals surface area contributed by atoms with E-state index in [9.17, 15) is 14.4 Å². The van der Waals surface area contributed by atoms with Crippen molar-refractivity contribution in [3.05, 3.63) is 49.1 Å². The van der Waals surface area contributed by atoms with E-state index in [0.29, 0.717) is 26.0 Å². The van der Waals surface area contributed by atoms with Gasteiger partial charge in [-0.25, -0.2) is 4.98 Å². The second-order valence-electron chi connectivity index (χ2n) is 9.38. The Bertz CT molecular complexity index is 980. The molecule has 2 aromatic rings. The van der Waals surface area contributed by atoms with E-state index in [4.69, 9.17) is 4.74 Å². The van der Waals surface area contributed by atoms with Crippen molar-refractivity contribution in [3.8, 4) is 5.75 Å². The Morgan fingerprint density at radius 3 is 2.74 bits per heavy atom. The summed E-state index contributed by atoms with van der Waals surface area (Å²) in [5, 5.41) is 5.69. The summed E-state index contributed by atoms with van der Waals surface area (Å²) in [6, 6.07) is 9.05. The number of hydrogen-bond acceptors (Lipinski definition) is 5. The molecular weight excluding hydrogens is 434 g/mol. The molecule has 1 aromatic heterocycles. The number of benzene rings is 1. The summed E-state index contributed by atoms with van der Waals surface area (Å²) in [7, 11) is 0. The molecule has 1 saturated carbocycles. The van der Waals surface area contributed by atoms with Gasteiger partial charge in [0.2, 0.25) is 17.7 Å². The first-order valence-corrected chi connectivity index (χ1v) is 12.0. The number of rotatable bonds is 12. The first-order chi connectivity index (χ1) is 16.5. The summed E-state index contributed by atoms with van der Waals surface area (Å²) in [6.07, 6.45) is 8.57. The molecule has 0 spiro atoms. The minimum atomic E-state index is -0.472. The van der Waals surface area contributed by atoms with E-state index < -0.39 is 6.04 Å². The number of para-hydroxylation sites is 1. The van der Waals surface area contributed by atoms with Gasteiger partial charge in [0, 0.05) is 37.9 Å². The van der Waals surface area contributed by atoms with Crippen LogP contribution in [0.5, 0.6) is 5.75 Å². The van der Waals surface area contributed by atoms with E-state index in [-0.39, 0.29) is 42.1 Å². The van der Waals surface area contributed by atoms with Crippen molar-refractivity contribution in [2.24, 2.45) is 5.41 Å². The highest BCUT2D eigenvalue weighted by Gasteiger charge is 2.64. The first-order valence-electron chi connectivity index (χ1n) is 12.0. The number of fused-ring (bicyclic) bond motifs is 1. The third-order valence-corrected chi connectivity index (χ3v) is 6.67. The van der Waals surface area contributed by atoms with Crippen LogP contribution < -0.4 is 15.4 Å². The van der Waals surface area contributed by atoms with Crippen molar-refractivity contribution in [2.75, 3.05) is 19.7 Å². The summed E-state index contributed by atoms with van der Waals surface area (Å²) in [5.41, 5.74) is 0.00720. The van der Waals surface area contributed by atoms with Crippen LogP contribution >= 0.6 is 0 Å². The number of aromatic nitrogens is 2. The average molecular weight is 468 g/mol. The molecule has 3 atom stereocenters. The molecule has 1 aromatic carbocycles. The topological polar surface area (TPSA) is 106 Å². The van der Waals surface area contributed by atoms with Crippen LogP contribution in [0.25, 0.3) is 0 Å². The van der Waals surface area contributed by atoms with Crippen LogP contribution in [0.4, 0.5) is 0 Å². The number of aryl methyl sites for hydroxylation is 1. The number of amides is 3. The van der Waals surface area contributed by atoms with Gasteiger partial charge in [0.1, 0.15) is 11.8 Å². The van der Waals surface area contributed by atoms with Gasteiger partial charge >= 0.3 is 0 Å². The third-order valence-electron chi connectivity index (χ3n) is 6.67. The van der Waals surface area contributed by atoms with Crippen LogP contribution in [0.2, 0.25) is 0 Å². The van der Waals surface area contributed by atoms with Crippen LogP contribution in [0.15, 0.2) is 49.1 Å². The number of likely N-dealkylation sites (tertiary alicyclic amines) is 1. The molecule has 182 valence electrons. The zero-order valence-electron chi connectivity index (χ0n) is 19.6. The molecule has 34 heavy (non-hydrogen) atoms. The second-order valence-corrected chi connectivity index (χ2v) is 9.38. The summed E-state index contributed by atoms with van der Waals surface area (Å²) < 4.78 is 7.55. The Kier molecular flexibility index (Phi) is 7.49. The zero-order valence-corrected chi connectivity index (χ0v) is 19.6. The second kappa shape index (κ2) is 10.7. The van der Waals surface area contributed by atoms with E-state index in [1.165, 1.54) is 0 Å². The molecule has 2 fully saturated rings. The number of piperidine rings is 1. The van der Waals surface area contributed by atoms with Gasteiger partial charge in [-0.3, -0.25) is 14.4 Å². The smallest absolute Gasteiger partial charge is 0.242 e. The van der Waals surface area contributed by atoms with Gasteiger partial charge in [0.15, 0.2) is 0 Å². The van der Waals surface area contributed by atoms with Crippen molar-refractivity contribution < 1.29 is 19.1 Å². The molecule has 1 aliphatic heterocycles. The van der Waals surface area contributed by atoms with Crippen molar-refractivity contribution >= 4 is 17.7 Å². The third kappa shape index (κ3) is 5.95. The van der Waals surface area contributed by atoms with E-state index in [1.54, 1.807) is 17.4 Å². The maximum atomic E-state index is 12.9. The van der Waals surface area contributed by atoms with Gasteiger partial charge in [-0.2, -0.15) is 0 Å². The number of hydrogen-bond donors (Lipinski definition) is 2. The molecule has 0 radical (unpaired) electrons. The Morgan fingerprint density at radius 1 is 1.15 bits per heavy atom. The molecule has 1 aliphatic carbocycles. The maximum absolute atomic E-state index is 12.9. The van der Waals surface area contributed by atoms with E-state index >= 15 is 0 Å². The van der Waals surface area contributed by atoms with Gasteiger partial charge in [-0.05, 0) is 43.2 Å². The van der Waals surface area contributed by atoms with Crippen LogP contribution in [0, 0.1) is 5.41 Å². The largest absolute Gasteiger partial charge is 0.494 e. The quantitative estimate of drug-likeness (QED) is 0.463. The number of imidazole rings is 1. The molecule has 9 heteroatoms. The van der Waals surface area contributed by atoms with Crippen LogP contribution in [-0.2, 0) is 20.9 Å². The molecule has 2 N–H and O–H groups in total. The summed E-state index contributed by atoms with van der Waals surface area (Å²) >= 11 is 0. The Labute approximate surface area is 199 Å². The van der Waals surface area contributed by atoms with Gasteiger partial charge in [-0.15, -0.1) is 0 Å². The summed E-state index contributed by atoms with van der Waals surface area (Å²) in [5.74, 6) is 0.268. The normalized spacial score (nSPS) is 22.7. The molecule has 2 heterocycles. The number of nitrogens with one attached hydrogen (secondary N) is 2. The van der Waals surface area contributed by atoms with Gasteiger partial charge < -0.3 is 24.8 Å². The molecule has 3 amide bonds. The van der Waals surface area contributed by atoms with E-state index in [1.807, 2.05) is 41.1 Å². The van der Waals surface area contributed by atoms with Gasteiger partial charge in [0.25, 0.3) is 0 Å². The predicted molar refractivity (Wildman–Crippen MR) is 126 cm³/mol. The molecule has 0 bridgehead atoms. The lowest BCUT2D eigenvalue weighted by Crippen LogP contribution is -2.50. The van der Waals surface area contributed by atoms with Crippen molar-refractivity contribution in [3.63, 3.8) is 0 Å². The monoisotopic (exact) mass is 467 g/mol. The lowest BCUT2D eigenvalue weighted by atomic mass is 10.0. The zero-order chi connectivity index (χ0) is 24.0. The fraction of sp³-hybridized carbons (Fsp3) is 0.520. The molecule has 1 saturated heterocycles. The molecule has 2 aliphatic rings. The fourth-order valence-corrected chi connectivity index (χ4v) is 4.66. The highest BCUT2D eigenvalue weighted by atomic mass is 16.5. The molecule has 4 rings (SSSR count). The van der Waals surface area contributed by atoms with Gasteiger partial charge in [-0.1, -0.05) is 25.1 Å². The lowest BCUT2D eigenvalue weighted by Gasteiger charge is -2.27. The highest BCUT2D eigenvalue weighted by Crippen LogP contribution is 2.59. The minimum Gasteiger partial charge on any atom is -0.494 e. The number of nitrogens with zero attached hydrogens (tertiary/aromatic N) is 3. The molecular formula is C25H33N5O4. The van der Waals surface area contributed by atoms with E-state index in [2.05, 4.69) is 22.5 Å². The Morgan fingerprint density at radius 2 is 1.97 bits per heavy atom. The predicted octanol–water partition coefficient (Wildman–Crippen LogP) is 1.74. The SMILES string of the molecule is C[C@@]12C[C@@H]1N(C(=O)CNC(=O)CCCOc1ccccc1)[C@H](C(=O)NCCCn1ccnc1)C2. The van der Waals surface area contributed by atoms with Crippen LogP contribution in [0.3, 0.4) is 0 Å². The molecule has 0 unspecified atom stereocenters. The van der Waals surface area contributed by atoms with Crippen molar-refractivity contribution in [1.29, 1.82) is 0 Å². The first kappa shape index (κ1) is 23.8. The summed E-state index contributed by atoms with van der Waals surface area (Å²) in [4.78, 5) is 43.7.